The van der Waals surface area contributed by atoms with E-state index in [9.17, 15) is 9.59 Å². The molecule has 2 heterocycles. The third kappa shape index (κ3) is 2.29. The van der Waals surface area contributed by atoms with E-state index in [2.05, 4.69) is 21.2 Å². The first-order chi connectivity index (χ1) is 11.6. The third-order valence-electron chi connectivity index (χ3n) is 4.78. The van der Waals surface area contributed by atoms with Crippen LogP contribution in [0.5, 0.6) is 0 Å². The standard InChI is InChI=1S/C18H17BrN2O3/c1-10(14-9-20-7-8-24-14)21-17(22)12-4-2-3-11-5-6-13(19)16(15(11)12)18(21)23/h2-6,10,14,20H,7-9H2,1H3. The van der Waals surface area contributed by atoms with Crippen molar-refractivity contribution >= 4 is 38.5 Å². The minimum Gasteiger partial charge on any atom is -0.373 e. The number of hydrogen-bond acceptors (Lipinski definition) is 4. The maximum absolute atomic E-state index is 13.1. The Morgan fingerprint density at radius 2 is 2.08 bits per heavy atom. The second kappa shape index (κ2) is 5.95. The van der Waals surface area contributed by atoms with Crippen LogP contribution in [0.4, 0.5) is 0 Å². The molecule has 0 aromatic heterocycles. The molecule has 0 bridgehead atoms. The van der Waals surface area contributed by atoms with Gasteiger partial charge < -0.3 is 10.1 Å². The summed E-state index contributed by atoms with van der Waals surface area (Å²) >= 11 is 3.48. The van der Waals surface area contributed by atoms with Crippen molar-refractivity contribution in [3.05, 3.63) is 45.9 Å². The maximum atomic E-state index is 13.1. The zero-order valence-corrected chi connectivity index (χ0v) is 14.8. The zero-order chi connectivity index (χ0) is 16.8. The fourth-order valence-electron chi connectivity index (χ4n) is 3.52. The Balaban J connectivity index is 1.84. The van der Waals surface area contributed by atoms with Gasteiger partial charge >= 0.3 is 0 Å². The van der Waals surface area contributed by atoms with Gasteiger partial charge in [-0.3, -0.25) is 14.5 Å². The number of carbonyl (C=O) groups is 2. The number of hydrogen-bond donors (Lipinski definition) is 1. The fraction of sp³-hybridized carbons (Fsp3) is 0.333. The molecular weight excluding hydrogens is 372 g/mol. The molecule has 2 atom stereocenters. The lowest BCUT2D eigenvalue weighted by Gasteiger charge is -2.37. The number of nitrogens with zero attached hydrogens (tertiary/aromatic N) is 1. The van der Waals surface area contributed by atoms with E-state index in [-0.39, 0.29) is 24.0 Å². The average Bonchev–Trinajstić information content (AvgIpc) is 2.61. The van der Waals surface area contributed by atoms with Crippen LogP contribution >= 0.6 is 15.9 Å². The highest BCUT2D eigenvalue weighted by Crippen LogP contribution is 2.35. The summed E-state index contributed by atoms with van der Waals surface area (Å²) in [7, 11) is 0. The molecule has 0 saturated carbocycles. The van der Waals surface area contributed by atoms with E-state index in [0.29, 0.717) is 28.8 Å². The molecule has 2 aliphatic heterocycles. The van der Waals surface area contributed by atoms with Crippen LogP contribution in [-0.4, -0.2) is 48.6 Å². The normalized spacial score (nSPS) is 22.1. The van der Waals surface area contributed by atoms with Crippen LogP contribution in [0.3, 0.4) is 0 Å². The van der Waals surface area contributed by atoms with Gasteiger partial charge in [0.1, 0.15) is 0 Å². The minimum atomic E-state index is -0.340. The van der Waals surface area contributed by atoms with Crippen molar-refractivity contribution in [1.29, 1.82) is 0 Å². The second-order valence-electron chi connectivity index (χ2n) is 6.16. The summed E-state index contributed by atoms with van der Waals surface area (Å²) in [6, 6.07) is 8.99. The SMILES string of the molecule is CC(C1CNCCO1)N1C(=O)c2cccc3ccc(Br)c(c23)C1=O. The summed E-state index contributed by atoms with van der Waals surface area (Å²) in [5.41, 5.74) is 1.12. The van der Waals surface area contributed by atoms with Crippen molar-refractivity contribution in [1.82, 2.24) is 10.2 Å². The van der Waals surface area contributed by atoms with Crippen LogP contribution in [0.2, 0.25) is 0 Å². The highest BCUT2D eigenvalue weighted by molar-refractivity contribution is 9.10. The maximum Gasteiger partial charge on any atom is 0.262 e. The third-order valence-corrected chi connectivity index (χ3v) is 5.44. The zero-order valence-electron chi connectivity index (χ0n) is 13.2. The number of rotatable bonds is 2. The molecule has 1 fully saturated rings. The quantitative estimate of drug-likeness (QED) is 0.803. The molecule has 2 aliphatic rings. The summed E-state index contributed by atoms with van der Waals surface area (Å²) in [5, 5.41) is 4.88. The van der Waals surface area contributed by atoms with Gasteiger partial charge in [-0.05, 0) is 40.4 Å². The van der Waals surface area contributed by atoms with Gasteiger partial charge in [0.15, 0.2) is 0 Å². The molecular formula is C18H17BrN2O3. The first-order valence-corrected chi connectivity index (χ1v) is 8.80. The van der Waals surface area contributed by atoms with Gasteiger partial charge in [0.2, 0.25) is 0 Å². The molecule has 5 nitrogen and oxygen atoms in total. The highest BCUT2D eigenvalue weighted by Gasteiger charge is 2.40. The van der Waals surface area contributed by atoms with E-state index in [1.54, 1.807) is 6.07 Å². The van der Waals surface area contributed by atoms with E-state index in [1.807, 2.05) is 31.2 Å². The molecule has 24 heavy (non-hydrogen) atoms. The van der Waals surface area contributed by atoms with Gasteiger partial charge in [-0.1, -0.05) is 18.2 Å². The number of imide groups is 1. The van der Waals surface area contributed by atoms with Crippen LogP contribution in [0.15, 0.2) is 34.8 Å². The van der Waals surface area contributed by atoms with Gasteiger partial charge in [-0.25, -0.2) is 0 Å². The van der Waals surface area contributed by atoms with E-state index in [4.69, 9.17) is 4.74 Å². The molecule has 0 radical (unpaired) electrons. The molecule has 1 N–H and O–H groups in total. The van der Waals surface area contributed by atoms with Crippen molar-refractivity contribution in [2.24, 2.45) is 0 Å². The van der Waals surface area contributed by atoms with Gasteiger partial charge in [-0.15, -0.1) is 0 Å². The van der Waals surface area contributed by atoms with E-state index in [1.165, 1.54) is 4.90 Å². The smallest absolute Gasteiger partial charge is 0.262 e. The lowest BCUT2D eigenvalue weighted by atomic mass is 9.92. The molecule has 124 valence electrons. The summed E-state index contributed by atoms with van der Waals surface area (Å²) in [6.45, 7) is 3.88. The summed E-state index contributed by atoms with van der Waals surface area (Å²) in [5.74, 6) is -0.518. The van der Waals surface area contributed by atoms with Gasteiger partial charge in [0, 0.05) is 28.5 Å². The van der Waals surface area contributed by atoms with Crippen molar-refractivity contribution in [2.45, 2.75) is 19.1 Å². The van der Waals surface area contributed by atoms with Crippen LogP contribution < -0.4 is 5.32 Å². The predicted molar refractivity (Wildman–Crippen MR) is 94.2 cm³/mol. The van der Waals surface area contributed by atoms with Crippen LogP contribution in [0.1, 0.15) is 27.6 Å². The minimum absolute atomic E-state index is 0.199. The molecule has 2 amide bonds. The van der Waals surface area contributed by atoms with Crippen molar-refractivity contribution < 1.29 is 14.3 Å². The lowest BCUT2D eigenvalue weighted by Crippen LogP contribution is -2.55. The second-order valence-corrected chi connectivity index (χ2v) is 7.01. The summed E-state index contributed by atoms with van der Waals surface area (Å²) in [4.78, 5) is 27.5. The number of ether oxygens (including phenoxy) is 1. The summed E-state index contributed by atoms with van der Waals surface area (Å²) < 4.78 is 6.47. The molecule has 0 spiro atoms. The Bertz CT molecular complexity index is 846. The lowest BCUT2D eigenvalue weighted by molar-refractivity contribution is -0.0178. The number of nitrogens with one attached hydrogen (secondary N) is 1. The monoisotopic (exact) mass is 388 g/mol. The molecule has 6 heteroatoms. The number of morpholine rings is 1. The average molecular weight is 389 g/mol. The van der Waals surface area contributed by atoms with Crippen molar-refractivity contribution in [3.8, 4) is 0 Å². The van der Waals surface area contributed by atoms with Crippen LogP contribution in [0.25, 0.3) is 10.8 Å². The van der Waals surface area contributed by atoms with Gasteiger partial charge in [0.25, 0.3) is 11.8 Å². The van der Waals surface area contributed by atoms with E-state index < -0.39 is 0 Å². The number of carbonyl (C=O) groups excluding carboxylic acids is 2. The Labute approximate surface area is 148 Å². The van der Waals surface area contributed by atoms with Crippen molar-refractivity contribution in [3.63, 3.8) is 0 Å². The molecule has 0 aliphatic carbocycles. The Morgan fingerprint density at radius 1 is 1.25 bits per heavy atom. The number of benzene rings is 2. The van der Waals surface area contributed by atoms with Crippen molar-refractivity contribution in [2.75, 3.05) is 19.7 Å². The first-order valence-electron chi connectivity index (χ1n) is 8.01. The number of amides is 2. The Morgan fingerprint density at radius 3 is 2.83 bits per heavy atom. The fourth-order valence-corrected chi connectivity index (χ4v) is 4.02. The molecule has 1 saturated heterocycles. The summed E-state index contributed by atoms with van der Waals surface area (Å²) in [6.07, 6.45) is -0.199. The predicted octanol–water partition coefficient (Wildman–Crippen LogP) is 2.58. The highest BCUT2D eigenvalue weighted by atomic mass is 79.9. The van der Waals surface area contributed by atoms with Crippen LogP contribution in [0, 0.1) is 0 Å². The van der Waals surface area contributed by atoms with E-state index >= 15 is 0 Å². The molecule has 4 rings (SSSR count). The first kappa shape index (κ1) is 15.7. The molecule has 2 aromatic carbocycles. The Hall–Kier alpha value is -1.76. The Kier molecular flexibility index (Phi) is 3.90. The molecule has 2 aromatic rings. The van der Waals surface area contributed by atoms with Gasteiger partial charge in [-0.2, -0.15) is 0 Å². The van der Waals surface area contributed by atoms with E-state index in [0.717, 1.165) is 17.3 Å². The molecule has 2 unspecified atom stereocenters. The topological polar surface area (TPSA) is 58.6 Å². The number of halogens is 1. The van der Waals surface area contributed by atoms with Crippen LogP contribution in [-0.2, 0) is 4.74 Å². The van der Waals surface area contributed by atoms with Gasteiger partial charge in [0.05, 0.1) is 24.3 Å². The largest absolute Gasteiger partial charge is 0.373 e.